The molecule has 0 saturated heterocycles. The first-order chi connectivity index (χ1) is 9.95. The molecule has 21 heavy (non-hydrogen) atoms. The van der Waals surface area contributed by atoms with Crippen molar-refractivity contribution in [2.45, 2.75) is 26.3 Å². The van der Waals surface area contributed by atoms with Gasteiger partial charge >= 0.3 is 6.03 Å². The lowest BCUT2D eigenvalue weighted by molar-refractivity contribution is 0.219. The van der Waals surface area contributed by atoms with Crippen molar-refractivity contribution in [3.8, 4) is 0 Å². The summed E-state index contributed by atoms with van der Waals surface area (Å²) in [5.41, 5.74) is 1.30. The third kappa shape index (κ3) is 4.19. The van der Waals surface area contributed by atoms with E-state index in [0.29, 0.717) is 23.1 Å². The summed E-state index contributed by atoms with van der Waals surface area (Å²) in [7, 11) is 1.68. The van der Waals surface area contributed by atoms with Crippen LogP contribution in [0.25, 0.3) is 0 Å². The predicted molar refractivity (Wildman–Crippen MR) is 80.3 cm³/mol. The van der Waals surface area contributed by atoms with Crippen molar-refractivity contribution >= 4 is 23.3 Å². The Morgan fingerprint density at radius 3 is 2.81 bits per heavy atom. The number of rotatable bonds is 4. The molecule has 2 amide bonds. The van der Waals surface area contributed by atoms with E-state index in [1.54, 1.807) is 19.2 Å². The summed E-state index contributed by atoms with van der Waals surface area (Å²) in [6.07, 6.45) is 1.50. The third-order valence-electron chi connectivity index (χ3n) is 2.87. The number of hydrogen-bond acceptors (Lipinski definition) is 4. The lowest BCUT2D eigenvalue weighted by Crippen LogP contribution is -2.30. The number of pyridine rings is 1. The van der Waals surface area contributed by atoms with E-state index in [-0.39, 0.29) is 11.9 Å². The number of nitrogens with one attached hydrogen (secondary N) is 1. The second-order valence-electron chi connectivity index (χ2n) is 5.03. The van der Waals surface area contributed by atoms with Gasteiger partial charge in [-0.15, -0.1) is 0 Å². The monoisotopic (exact) mass is 308 g/mol. The molecule has 1 N–H and O–H groups in total. The number of carbonyl (C=O) groups excluding carboxylic acids is 1. The Kier molecular flexibility index (Phi) is 4.80. The second-order valence-corrected chi connectivity index (χ2v) is 5.42. The van der Waals surface area contributed by atoms with Crippen LogP contribution in [0.4, 0.5) is 10.5 Å². The van der Waals surface area contributed by atoms with Gasteiger partial charge in [0.05, 0.1) is 18.4 Å². The Morgan fingerprint density at radius 1 is 1.48 bits per heavy atom. The van der Waals surface area contributed by atoms with Gasteiger partial charge in [0, 0.05) is 19.0 Å². The van der Waals surface area contributed by atoms with Gasteiger partial charge in [-0.2, -0.15) is 0 Å². The molecule has 0 fully saturated rings. The van der Waals surface area contributed by atoms with Crippen LogP contribution in [0, 0.1) is 0 Å². The number of nitrogens with zero attached hydrogens (tertiary/aromatic N) is 3. The van der Waals surface area contributed by atoms with Gasteiger partial charge < -0.3 is 14.7 Å². The van der Waals surface area contributed by atoms with Crippen molar-refractivity contribution in [1.82, 2.24) is 15.0 Å². The zero-order valence-corrected chi connectivity index (χ0v) is 12.9. The van der Waals surface area contributed by atoms with Crippen molar-refractivity contribution in [3.05, 3.63) is 41.0 Å². The number of carbonyl (C=O) groups is 1. The Hall–Kier alpha value is -2.08. The van der Waals surface area contributed by atoms with Crippen LogP contribution in [0.5, 0.6) is 0 Å². The molecule has 0 aromatic carbocycles. The zero-order valence-electron chi connectivity index (χ0n) is 12.1. The summed E-state index contributed by atoms with van der Waals surface area (Å²) >= 11 is 5.69. The summed E-state index contributed by atoms with van der Waals surface area (Å²) in [6.45, 7) is 4.41. The molecule has 0 radical (unpaired) electrons. The second kappa shape index (κ2) is 6.58. The van der Waals surface area contributed by atoms with Gasteiger partial charge in [-0.1, -0.05) is 30.6 Å². The van der Waals surface area contributed by atoms with Gasteiger partial charge in [-0.25, -0.2) is 9.78 Å². The summed E-state index contributed by atoms with van der Waals surface area (Å²) in [5, 5.41) is 7.06. The average Bonchev–Trinajstić information content (AvgIpc) is 2.90. The first kappa shape index (κ1) is 15.3. The molecule has 6 nitrogen and oxygen atoms in total. The molecule has 0 aliphatic rings. The lowest BCUT2D eigenvalue weighted by Gasteiger charge is -2.16. The van der Waals surface area contributed by atoms with E-state index >= 15 is 0 Å². The van der Waals surface area contributed by atoms with Crippen LogP contribution < -0.4 is 5.32 Å². The third-order valence-corrected chi connectivity index (χ3v) is 3.09. The smallest absolute Gasteiger partial charge is 0.321 e. The fourth-order valence-corrected chi connectivity index (χ4v) is 1.77. The molecular weight excluding hydrogens is 292 g/mol. The van der Waals surface area contributed by atoms with Crippen molar-refractivity contribution in [2.75, 3.05) is 12.4 Å². The molecule has 0 atom stereocenters. The fourth-order valence-electron chi connectivity index (χ4n) is 1.66. The molecule has 0 unspecified atom stereocenters. The number of anilines is 1. The lowest BCUT2D eigenvalue weighted by atomic mass is 10.1. The Balaban J connectivity index is 1.94. The molecule has 2 aromatic heterocycles. The number of hydrogen-bond donors (Lipinski definition) is 1. The first-order valence-electron chi connectivity index (χ1n) is 6.55. The molecule has 2 heterocycles. The van der Waals surface area contributed by atoms with Crippen LogP contribution in [0.15, 0.2) is 28.9 Å². The average molecular weight is 309 g/mol. The molecule has 0 aliphatic heterocycles. The van der Waals surface area contributed by atoms with Gasteiger partial charge in [0.1, 0.15) is 16.6 Å². The summed E-state index contributed by atoms with van der Waals surface area (Å²) < 4.78 is 5.21. The maximum Gasteiger partial charge on any atom is 0.321 e. The Labute approximate surface area is 128 Å². The Bertz CT molecular complexity index is 610. The molecule has 0 bridgehead atoms. The molecule has 112 valence electrons. The minimum absolute atomic E-state index is 0.256. The topological polar surface area (TPSA) is 71.3 Å². The Morgan fingerprint density at radius 2 is 2.24 bits per heavy atom. The molecule has 2 aromatic rings. The number of urea groups is 1. The van der Waals surface area contributed by atoms with Gasteiger partial charge in [0.2, 0.25) is 0 Å². The summed E-state index contributed by atoms with van der Waals surface area (Å²) in [4.78, 5) is 17.5. The van der Waals surface area contributed by atoms with E-state index < -0.39 is 0 Å². The van der Waals surface area contributed by atoms with E-state index in [2.05, 4.69) is 15.5 Å². The van der Waals surface area contributed by atoms with Crippen molar-refractivity contribution in [2.24, 2.45) is 0 Å². The molecule has 7 heteroatoms. The van der Waals surface area contributed by atoms with Crippen LogP contribution in [0.3, 0.4) is 0 Å². The van der Waals surface area contributed by atoms with Crippen LogP contribution in [0.1, 0.15) is 31.2 Å². The van der Waals surface area contributed by atoms with Crippen molar-refractivity contribution < 1.29 is 9.32 Å². The van der Waals surface area contributed by atoms with E-state index in [4.69, 9.17) is 16.1 Å². The highest BCUT2D eigenvalue weighted by molar-refractivity contribution is 6.29. The van der Waals surface area contributed by atoms with E-state index in [1.807, 2.05) is 19.9 Å². The normalized spacial score (nSPS) is 10.7. The standard InChI is InChI=1S/C14H17ClN4O2/c1-9(2)12-6-11(18-21-12)8-19(3)14(20)17-10-4-5-13(15)16-7-10/h4-7,9H,8H2,1-3H3,(H,17,20). The highest BCUT2D eigenvalue weighted by atomic mass is 35.5. The maximum atomic E-state index is 12.0. The molecule has 0 spiro atoms. The van der Waals surface area contributed by atoms with Gasteiger partial charge in [-0.3, -0.25) is 0 Å². The van der Waals surface area contributed by atoms with E-state index in [9.17, 15) is 4.79 Å². The number of halogens is 1. The first-order valence-corrected chi connectivity index (χ1v) is 6.92. The highest BCUT2D eigenvalue weighted by Crippen LogP contribution is 2.16. The number of amides is 2. The van der Waals surface area contributed by atoms with Crippen LogP contribution in [0.2, 0.25) is 5.15 Å². The molecule has 2 rings (SSSR count). The largest absolute Gasteiger partial charge is 0.361 e. The fraction of sp³-hybridized carbons (Fsp3) is 0.357. The quantitative estimate of drug-likeness (QED) is 0.877. The minimum Gasteiger partial charge on any atom is -0.361 e. The summed E-state index contributed by atoms with van der Waals surface area (Å²) in [6, 6.07) is 4.91. The van der Waals surface area contributed by atoms with Crippen LogP contribution >= 0.6 is 11.6 Å². The van der Waals surface area contributed by atoms with Gasteiger partial charge in [-0.05, 0) is 12.1 Å². The molecule has 0 aliphatic carbocycles. The maximum absolute atomic E-state index is 12.0. The zero-order chi connectivity index (χ0) is 15.4. The van der Waals surface area contributed by atoms with Crippen LogP contribution in [-0.4, -0.2) is 28.1 Å². The minimum atomic E-state index is -0.256. The van der Waals surface area contributed by atoms with E-state index in [1.165, 1.54) is 11.1 Å². The summed E-state index contributed by atoms with van der Waals surface area (Å²) in [5.74, 6) is 1.08. The van der Waals surface area contributed by atoms with Gasteiger partial charge in [0.25, 0.3) is 0 Å². The predicted octanol–water partition coefficient (Wildman–Crippen LogP) is 3.51. The highest BCUT2D eigenvalue weighted by Gasteiger charge is 2.13. The van der Waals surface area contributed by atoms with Crippen molar-refractivity contribution in [1.29, 1.82) is 0 Å². The van der Waals surface area contributed by atoms with Gasteiger partial charge in [0.15, 0.2) is 0 Å². The van der Waals surface area contributed by atoms with Crippen molar-refractivity contribution in [3.63, 3.8) is 0 Å². The molecule has 0 saturated carbocycles. The SMILES string of the molecule is CC(C)c1cc(CN(C)C(=O)Nc2ccc(Cl)nc2)no1. The van der Waals surface area contributed by atoms with Crippen LogP contribution in [-0.2, 0) is 6.54 Å². The van der Waals surface area contributed by atoms with E-state index in [0.717, 1.165) is 5.76 Å². The molecular formula is C14H17ClN4O2. The number of aromatic nitrogens is 2.